The van der Waals surface area contributed by atoms with Crippen LogP contribution in [-0.2, 0) is 0 Å². The minimum Gasteiger partial charge on any atom is -0.489 e. The van der Waals surface area contributed by atoms with Crippen LogP contribution in [0.25, 0.3) is 0 Å². The van der Waals surface area contributed by atoms with Crippen molar-refractivity contribution in [1.82, 2.24) is 4.90 Å². The van der Waals surface area contributed by atoms with Crippen LogP contribution in [0.5, 0.6) is 5.75 Å². The number of rotatable bonds is 3. The van der Waals surface area contributed by atoms with Gasteiger partial charge in [0.1, 0.15) is 5.75 Å². The van der Waals surface area contributed by atoms with E-state index in [4.69, 9.17) is 10.5 Å². The third kappa shape index (κ3) is 2.70. The average Bonchev–Trinajstić information content (AvgIpc) is 2.88. The highest BCUT2D eigenvalue weighted by Gasteiger charge is 2.30. The molecule has 0 unspecified atom stereocenters. The van der Waals surface area contributed by atoms with E-state index < -0.39 is 0 Å². The van der Waals surface area contributed by atoms with E-state index in [-0.39, 0.29) is 6.10 Å². The number of anilines is 2. The highest BCUT2D eigenvalue weighted by Crippen LogP contribution is 2.31. The predicted octanol–water partition coefficient (Wildman–Crippen LogP) is 2.34. The van der Waals surface area contributed by atoms with Crippen LogP contribution in [0.3, 0.4) is 0 Å². The molecule has 4 heteroatoms. The minimum atomic E-state index is 0.152. The number of nitrogens with two attached hydrogens (primary N) is 1. The van der Waals surface area contributed by atoms with Crippen LogP contribution in [0, 0.1) is 0 Å². The summed E-state index contributed by atoms with van der Waals surface area (Å²) in [6, 6.07) is 6.91. The molecule has 0 spiro atoms. The maximum absolute atomic E-state index is 6.00. The summed E-state index contributed by atoms with van der Waals surface area (Å²) < 4.78 is 5.80. The van der Waals surface area contributed by atoms with Crippen LogP contribution < -0.4 is 15.4 Å². The number of nitrogen functional groups attached to an aromatic ring is 1. The second-order valence-corrected chi connectivity index (χ2v) is 6.17. The first-order valence-electron chi connectivity index (χ1n) is 7.68. The summed E-state index contributed by atoms with van der Waals surface area (Å²) in [4.78, 5) is 5.10. The van der Waals surface area contributed by atoms with Gasteiger partial charge in [-0.1, -0.05) is 0 Å². The molecule has 2 heterocycles. The largest absolute Gasteiger partial charge is 0.489 e. The molecule has 0 aliphatic carbocycles. The van der Waals surface area contributed by atoms with Crippen LogP contribution in [0.15, 0.2) is 18.2 Å². The molecule has 110 valence electrons. The summed E-state index contributed by atoms with van der Waals surface area (Å²) in [5.74, 6) is 0.811. The molecule has 20 heavy (non-hydrogen) atoms. The van der Waals surface area contributed by atoms with Gasteiger partial charge in [-0.3, -0.25) is 4.90 Å². The fourth-order valence-corrected chi connectivity index (χ4v) is 3.30. The number of fused-ring (bicyclic) bond motifs is 1. The lowest BCUT2D eigenvalue weighted by atomic mass is 10.1. The molecule has 2 aliphatic rings. The highest BCUT2D eigenvalue weighted by molar-refractivity contribution is 5.62. The van der Waals surface area contributed by atoms with Gasteiger partial charge in [0.2, 0.25) is 0 Å². The van der Waals surface area contributed by atoms with Crippen molar-refractivity contribution in [3.63, 3.8) is 0 Å². The lowest BCUT2D eigenvalue weighted by Crippen LogP contribution is -2.50. The van der Waals surface area contributed by atoms with Gasteiger partial charge in [0.05, 0.1) is 11.8 Å². The fourth-order valence-electron chi connectivity index (χ4n) is 3.30. The quantitative estimate of drug-likeness (QED) is 0.860. The maximum atomic E-state index is 6.00. The Morgan fingerprint density at radius 2 is 2.10 bits per heavy atom. The smallest absolute Gasteiger partial charge is 0.144 e. The van der Waals surface area contributed by atoms with Crippen LogP contribution in [-0.4, -0.2) is 43.2 Å². The molecule has 0 bridgehead atoms. The van der Waals surface area contributed by atoms with Gasteiger partial charge in [-0.2, -0.15) is 0 Å². The lowest BCUT2D eigenvalue weighted by molar-refractivity contribution is 0.230. The van der Waals surface area contributed by atoms with Crippen LogP contribution in [0.4, 0.5) is 11.4 Å². The molecule has 1 aromatic rings. The number of benzene rings is 1. The number of hydrogen-bond acceptors (Lipinski definition) is 4. The second kappa shape index (κ2) is 5.52. The van der Waals surface area contributed by atoms with Crippen LogP contribution in [0.1, 0.15) is 26.7 Å². The van der Waals surface area contributed by atoms with Gasteiger partial charge >= 0.3 is 0 Å². The van der Waals surface area contributed by atoms with Crippen molar-refractivity contribution in [1.29, 1.82) is 0 Å². The Labute approximate surface area is 121 Å². The molecule has 0 saturated carbocycles. The summed E-state index contributed by atoms with van der Waals surface area (Å²) in [6.45, 7) is 8.75. The van der Waals surface area contributed by atoms with E-state index in [0.29, 0.717) is 0 Å². The molecule has 4 nitrogen and oxygen atoms in total. The average molecular weight is 275 g/mol. The predicted molar refractivity (Wildman–Crippen MR) is 83.4 cm³/mol. The maximum Gasteiger partial charge on any atom is 0.144 e. The van der Waals surface area contributed by atoms with Gasteiger partial charge in [0.25, 0.3) is 0 Å². The van der Waals surface area contributed by atoms with E-state index in [0.717, 1.165) is 30.6 Å². The molecular formula is C16H25N3O. The van der Waals surface area contributed by atoms with E-state index in [9.17, 15) is 0 Å². The van der Waals surface area contributed by atoms with Crippen molar-refractivity contribution < 1.29 is 4.74 Å². The number of nitrogens with zero attached hydrogens (tertiary/aromatic N) is 2. The second-order valence-electron chi connectivity index (χ2n) is 6.17. The summed E-state index contributed by atoms with van der Waals surface area (Å²) in [5, 5.41) is 0. The van der Waals surface area contributed by atoms with E-state index >= 15 is 0 Å². The number of hydrogen-bond donors (Lipinski definition) is 1. The molecule has 1 aromatic carbocycles. The topological polar surface area (TPSA) is 41.7 Å². The van der Waals surface area contributed by atoms with Gasteiger partial charge in [-0.15, -0.1) is 0 Å². The zero-order valence-electron chi connectivity index (χ0n) is 12.5. The first-order chi connectivity index (χ1) is 9.63. The number of ether oxygens (including phenoxy) is 1. The number of piperazine rings is 1. The molecular weight excluding hydrogens is 250 g/mol. The molecule has 2 aliphatic heterocycles. The molecule has 0 radical (unpaired) electrons. The van der Waals surface area contributed by atoms with Crippen molar-refractivity contribution >= 4 is 11.4 Å². The van der Waals surface area contributed by atoms with E-state index in [1.807, 2.05) is 19.9 Å². The Morgan fingerprint density at radius 3 is 2.90 bits per heavy atom. The zero-order chi connectivity index (χ0) is 14.1. The first kappa shape index (κ1) is 13.6. The third-order valence-corrected chi connectivity index (χ3v) is 4.31. The Morgan fingerprint density at radius 1 is 1.25 bits per heavy atom. The molecule has 2 saturated heterocycles. The van der Waals surface area contributed by atoms with E-state index in [2.05, 4.69) is 21.9 Å². The highest BCUT2D eigenvalue weighted by atomic mass is 16.5. The minimum absolute atomic E-state index is 0.152. The standard InChI is InChI=1S/C16H25N3O/c1-12(2)20-16-10-13(5-6-15(16)17)19-9-8-18-7-3-4-14(18)11-19/h5-6,10,12,14H,3-4,7-9,11,17H2,1-2H3/t14-/m1/s1. The van der Waals surface area contributed by atoms with E-state index in [1.54, 1.807) is 0 Å². The zero-order valence-corrected chi connectivity index (χ0v) is 12.5. The summed E-state index contributed by atoms with van der Waals surface area (Å²) in [5.41, 5.74) is 7.96. The first-order valence-corrected chi connectivity index (χ1v) is 7.68. The molecule has 2 fully saturated rings. The Balaban J connectivity index is 1.76. The Kier molecular flexibility index (Phi) is 3.74. The van der Waals surface area contributed by atoms with Gasteiger partial charge in [0.15, 0.2) is 0 Å². The summed E-state index contributed by atoms with van der Waals surface area (Å²) in [6.07, 6.45) is 2.84. The molecule has 0 amide bonds. The monoisotopic (exact) mass is 275 g/mol. The normalized spacial score (nSPS) is 23.1. The summed E-state index contributed by atoms with van der Waals surface area (Å²) >= 11 is 0. The Hall–Kier alpha value is -1.42. The molecule has 1 atom stereocenters. The van der Waals surface area contributed by atoms with Gasteiger partial charge in [-0.05, 0) is 45.4 Å². The van der Waals surface area contributed by atoms with Crippen molar-refractivity contribution in [2.75, 3.05) is 36.8 Å². The van der Waals surface area contributed by atoms with Crippen LogP contribution >= 0.6 is 0 Å². The van der Waals surface area contributed by atoms with E-state index in [1.165, 1.54) is 31.6 Å². The Bertz CT molecular complexity index is 475. The SMILES string of the molecule is CC(C)Oc1cc(N2CCN3CCC[C@@H]3C2)ccc1N. The van der Waals surface area contributed by atoms with Crippen molar-refractivity contribution in [2.45, 2.75) is 38.8 Å². The van der Waals surface area contributed by atoms with Crippen molar-refractivity contribution in [2.24, 2.45) is 0 Å². The van der Waals surface area contributed by atoms with Crippen molar-refractivity contribution in [3.05, 3.63) is 18.2 Å². The van der Waals surface area contributed by atoms with Crippen LogP contribution in [0.2, 0.25) is 0 Å². The van der Waals surface area contributed by atoms with Gasteiger partial charge < -0.3 is 15.4 Å². The third-order valence-electron chi connectivity index (χ3n) is 4.31. The van der Waals surface area contributed by atoms with Gasteiger partial charge in [0, 0.05) is 37.4 Å². The van der Waals surface area contributed by atoms with Gasteiger partial charge in [-0.25, -0.2) is 0 Å². The molecule has 2 N–H and O–H groups in total. The molecule has 0 aromatic heterocycles. The molecule has 3 rings (SSSR count). The summed E-state index contributed by atoms with van der Waals surface area (Å²) in [7, 11) is 0. The fraction of sp³-hybridized carbons (Fsp3) is 0.625. The lowest BCUT2D eigenvalue weighted by Gasteiger charge is -2.39. The van der Waals surface area contributed by atoms with Crippen molar-refractivity contribution in [3.8, 4) is 5.75 Å².